The zero-order valence-corrected chi connectivity index (χ0v) is 17.1. The van der Waals surface area contributed by atoms with Crippen LogP contribution in [0, 0.1) is 0 Å². The Bertz CT molecular complexity index is 842. The highest BCUT2D eigenvalue weighted by atomic mass is 16.7. The number of rotatable bonds is 8. The molecule has 2 aromatic rings. The molecule has 1 atom stereocenters. The molecule has 1 unspecified atom stereocenters. The molecule has 7 nitrogen and oxygen atoms in total. The Kier molecular flexibility index (Phi) is 5.94. The number of hydrogen-bond acceptors (Lipinski definition) is 6. The summed E-state index contributed by atoms with van der Waals surface area (Å²) in [5.74, 6) is -1.54. The van der Waals surface area contributed by atoms with Crippen LogP contribution in [0.3, 0.4) is 0 Å². The van der Waals surface area contributed by atoms with E-state index in [0.29, 0.717) is 50.0 Å². The minimum absolute atomic E-state index is 0.194. The van der Waals surface area contributed by atoms with Crippen LogP contribution in [0.1, 0.15) is 18.9 Å². The van der Waals surface area contributed by atoms with E-state index in [9.17, 15) is 9.90 Å². The van der Waals surface area contributed by atoms with Crippen molar-refractivity contribution >= 4 is 5.97 Å². The predicted molar refractivity (Wildman–Crippen MR) is 110 cm³/mol. The highest BCUT2D eigenvalue weighted by Crippen LogP contribution is 2.52. The largest absolute Gasteiger partial charge is 0.480 e. The smallest absolute Gasteiger partial charge is 0.332 e. The normalized spacial score (nSPS) is 19.9. The van der Waals surface area contributed by atoms with Crippen molar-refractivity contribution in [2.75, 3.05) is 39.5 Å². The summed E-state index contributed by atoms with van der Waals surface area (Å²) in [6.07, 6.45) is 0.194. The molecule has 0 aromatic heterocycles. The van der Waals surface area contributed by atoms with Crippen LogP contribution in [0.4, 0.5) is 0 Å². The highest BCUT2D eigenvalue weighted by molar-refractivity contribution is 5.81. The van der Waals surface area contributed by atoms with Crippen molar-refractivity contribution in [2.24, 2.45) is 0 Å². The second-order valence-corrected chi connectivity index (χ2v) is 7.35. The van der Waals surface area contributed by atoms with Gasteiger partial charge in [-0.15, -0.1) is 0 Å². The van der Waals surface area contributed by atoms with Gasteiger partial charge in [0.2, 0.25) is 5.54 Å². The summed E-state index contributed by atoms with van der Waals surface area (Å²) in [5.41, 5.74) is -0.877. The Labute approximate surface area is 176 Å². The number of ether oxygens (including phenoxy) is 4. The third-order valence-corrected chi connectivity index (χ3v) is 5.77. The molecular formula is C23H27NO6. The first-order valence-corrected chi connectivity index (χ1v) is 10.3. The molecule has 4 rings (SSSR count). The summed E-state index contributed by atoms with van der Waals surface area (Å²) in [6, 6.07) is 16.6. The standard InChI is InChI=1S/C23H27NO6/c1-2-27-15-12-22(21(25)26,24-13-16-28-17-14-24)23(18-8-4-3-5-9-18)29-19-10-6-7-11-20(19)30-23/h3-11H,2,12-17H2,1H3,(H,25,26). The summed E-state index contributed by atoms with van der Waals surface area (Å²) in [6.45, 7) is 4.45. The second kappa shape index (κ2) is 8.63. The Balaban J connectivity index is 1.90. The maximum absolute atomic E-state index is 13.1. The first-order chi connectivity index (χ1) is 14.6. The van der Waals surface area contributed by atoms with Gasteiger partial charge < -0.3 is 24.1 Å². The van der Waals surface area contributed by atoms with Gasteiger partial charge in [-0.25, -0.2) is 4.79 Å². The molecule has 1 fully saturated rings. The van der Waals surface area contributed by atoms with E-state index < -0.39 is 17.3 Å². The molecule has 30 heavy (non-hydrogen) atoms. The van der Waals surface area contributed by atoms with Crippen LogP contribution in [0.15, 0.2) is 54.6 Å². The van der Waals surface area contributed by atoms with Crippen LogP contribution in [0.5, 0.6) is 11.5 Å². The monoisotopic (exact) mass is 413 g/mol. The van der Waals surface area contributed by atoms with E-state index in [-0.39, 0.29) is 13.0 Å². The van der Waals surface area contributed by atoms with Gasteiger partial charge in [0.1, 0.15) is 0 Å². The molecule has 7 heteroatoms. The van der Waals surface area contributed by atoms with Gasteiger partial charge in [-0.2, -0.15) is 0 Å². The fourth-order valence-corrected chi connectivity index (χ4v) is 4.36. The summed E-state index contributed by atoms with van der Waals surface area (Å²) in [5, 5.41) is 10.7. The molecular weight excluding hydrogens is 386 g/mol. The van der Waals surface area contributed by atoms with Gasteiger partial charge in [0.15, 0.2) is 11.5 Å². The van der Waals surface area contributed by atoms with Crippen molar-refractivity contribution in [3.8, 4) is 11.5 Å². The van der Waals surface area contributed by atoms with Crippen LogP contribution >= 0.6 is 0 Å². The first kappa shape index (κ1) is 20.7. The van der Waals surface area contributed by atoms with Crippen molar-refractivity contribution in [3.05, 3.63) is 60.2 Å². The first-order valence-electron chi connectivity index (χ1n) is 10.3. The highest BCUT2D eigenvalue weighted by Gasteiger charge is 2.68. The molecule has 2 aliphatic rings. The molecule has 160 valence electrons. The lowest BCUT2D eigenvalue weighted by atomic mass is 9.78. The molecule has 2 heterocycles. The van der Waals surface area contributed by atoms with Gasteiger partial charge in [0.05, 0.1) is 13.2 Å². The summed E-state index contributed by atoms with van der Waals surface area (Å²) < 4.78 is 24.0. The number of carboxylic acid groups (broad SMARTS) is 1. The summed E-state index contributed by atoms with van der Waals surface area (Å²) in [7, 11) is 0. The summed E-state index contributed by atoms with van der Waals surface area (Å²) >= 11 is 0. The molecule has 2 aromatic carbocycles. The predicted octanol–water partition coefficient (Wildman–Crippen LogP) is 2.89. The molecule has 1 saturated heterocycles. The van der Waals surface area contributed by atoms with E-state index >= 15 is 0 Å². The van der Waals surface area contributed by atoms with Crippen LogP contribution < -0.4 is 9.47 Å². The number of fused-ring (bicyclic) bond motifs is 1. The van der Waals surface area contributed by atoms with Gasteiger partial charge in [0.25, 0.3) is 0 Å². The van der Waals surface area contributed by atoms with E-state index in [1.807, 2.05) is 54.3 Å². The molecule has 0 saturated carbocycles. The van der Waals surface area contributed by atoms with Gasteiger partial charge in [0, 0.05) is 38.3 Å². The van der Waals surface area contributed by atoms with E-state index in [1.165, 1.54) is 0 Å². The number of carbonyl (C=O) groups is 1. The van der Waals surface area contributed by atoms with Crippen molar-refractivity contribution in [3.63, 3.8) is 0 Å². The fraction of sp³-hybridized carbons (Fsp3) is 0.435. The third kappa shape index (κ3) is 3.33. The number of morpholine rings is 1. The number of aliphatic carboxylic acids is 1. The van der Waals surface area contributed by atoms with Gasteiger partial charge in [-0.05, 0) is 19.1 Å². The molecule has 0 aliphatic carbocycles. The lowest BCUT2D eigenvalue weighted by molar-refractivity contribution is -0.227. The molecule has 0 bridgehead atoms. The van der Waals surface area contributed by atoms with E-state index in [0.717, 1.165) is 0 Å². The van der Waals surface area contributed by atoms with Crippen molar-refractivity contribution < 1.29 is 28.8 Å². The molecule has 0 amide bonds. The zero-order valence-electron chi connectivity index (χ0n) is 17.1. The van der Waals surface area contributed by atoms with Crippen molar-refractivity contribution in [1.82, 2.24) is 4.90 Å². The second-order valence-electron chi connectivity index (χ2n) is 7.35. The number of nitrogens with zero attached hydrogens (tertiary/aromatic N) is 1. The number of benzene rings is 2. The molecule has 0 spiro atoms. The van der Waals surface area contributed by atoms with Crippen molar-refractivity contribution in [1.29, 1.82) is 0 Å². The maximum Gasteiger partial charge on any atom is 0.332 e. The van der Waals surface area contributed by atoms with E-state index in [1.54, 1.807) is 12.1 Å². The Morgan fingerprint density at radius 1 is 1.07 bits per heavy atom. The number of hydrogen-bond donors (Lipinski definition) is 1. The van der Waals surface area contributed by atoms with Crippen LogP contribution in [-0.4, -0.2) is 61.0 Å². The fourth-order valence-electron chi connectivity index (χ4n) is 4.36. The van der Waals surface area contributed by atoms with Crippen molar-refractivity contribution in [2.45, 2.75) is 24.7 Å². The van der Waals surface area contributed by atoms with Gasteiger partial charge in [-0.1, -0.05) is 42.5 Å². The SMILES string of the molecule is CCOCCC(C(=O)O)(N1CCOCC1)C1(c2ccccc2)Oc2ccccc2O1. The maximum atomic E-state index is 13.1. The average molecular weight is 413 g/mol. The van der Waals surface area contributed by atoms with Gasteiger partial charge >= 0.3 is 11.8 Å². The number of carboxylic acids is 1. The van der Waals surface area contributed by atoms with Crippen LogP contribution in [0.25, 0.3) is 0 Å². The van der Waals surface area contributed by atoms with Gasteiger partial charge in [-0.3, -0.25) is 4.90 Å². The Morgan fingerprint density at radius 2 is 1.67 bits per heavy atom. The lowest BCUT2D eigenvalue weighted by Crippen LogP contribution is -2.72. The van der Waals surface area contributed by atoms with E-state index in [4.69, 9.17) is 18.9 Å². The minimum Gasteiger partial charge on any atom is -0.480 e. The molecule has 0 radical (unpaired) electrons. The van der Waals surface area contributed by atoms with Crippen LogP contribution in [0.2, 0.25) is 0 Å². The van der Waals surface area contributed by atoms with E-state index in [2.05, 4.69) is 0 Å². The quantitative estimate of drug-likeness (QED) is 0.667. The number of para-hydroxylation sites is 2. The van der Waals surface area contributed by atoms with Crippen LogP contribution in [-0.2, 0) is 20.1 Å². The minimum atomic E-state index is -1.57. The molecule has 1 N–H and O–H groups in total. The Morgan fingerprint density at radius 3 is 2.23 bits per heavy atom. The molecule has 2 aliphatic heterocycles. The third-order valence-electron chi connectivity index (χ3n) is 5.77. The zero-order chi connectivity index (χ0) is 21.0. The average Bonchev–Trinajstić information content (AvgIpc) is 3.19. The summed E-state index contributed by atoms with van der Waals surface area (Å²) in [4.78, 5) is 15.0. The Hall–Kier alpha value is -2.61. The lowest BCUT2D eigenvalue weighted by Gasteiger charge is -2.50. The topological polar surface area (TPSA) is 77.5 Å².